The van der Waals surface area contributed by atoms with Crippen molar-refractivity contribution in [3.05, 3.63) is 59.4 Å². The fourth-order valence-electron chi connectivity index (χ4n) is 2.88. The summed E-state index contributed by atoms with van der Waals surface area (Å²) < 4.78 is 16.8. The smallest absolute Gasteiger partial charge is 0.305 e. The number of para-hydroxylation sites is 1. The summed E-state index contributed by atoms with van der Waals surface area (Å²) in [5.74, 6) is 0.208. The van der Waals surface area contributed by atoms with Gasteiger partial charge in [0.05, 0.1) is 13.2 Å². The highest BCUT2D eigenvalue weighted by Crippen LogP contribution is 2.29. The van der Waals surface area contributed by atoms with Gasteiger partial charge in [-0.15, -0.1) is 0 Å². The van der Waals surface area contributed by atoms with Crippen molar-refractivity contribution < 1.29 is 23.5 Å². The van der Waals surface area contributed by atoms with Crippen molar-refractivity contribution in [2.24, 2.45) is 0 Å². The Morgan fingerprint density at radius 2 is 1.72 bits per heavy atom. The van der Waals surface area contributed by atoms with Gasteiger partial charge < -0.3 is 13.9 Å². The Morgan fingerprint density at radius 3 is 2.45 bits per heavy atom. The lowest BCUT2D eigenvalue weighted by Gasteiger charge is -2.13. The minimum absolute atomic E-state index is 0.157. The van der Waals surface area contributed by atoms with Gasteiger partial charge in [-0.2, -0.15) is 0 Å². The molecule has 7 heteroatoms. The number of fused-ring (bicyclic) bond motifs is 1. The van der Waals surface area contributed by atoms with Gasteiger partial charge in [-0.05, 0) is 44.5 Å². The van der Waals surface area contributed by atoms with E-state index in [0.29, 0.717) is 41.4 Å². The van der Waals surface area contributed by atoms with Gasteiger partial charge in [-0.3, -0.25) is 20.4 Å². The number of hydrogen-bond acceptors (Lipinski definition) is 5. The van der Waals surface area contributed by atoms with E-state index in [1.807, 2.05) is 32.0 Å². The number of aryl methyl sites for hydroxylation is 1. The summed E-state index contributed by atoms with van der Waals surface area (Å²) in [6.45, 7) is 6.65. The summed E-state index contributed by atoms with van der Waals surface area (Å²) in [6, 6.07) is 12.2. The average molecular weight is 396 g/mol. The molecule has 0 unspecified atom stereocenters. The van der Waals surface area contributed by atoms with Gasteiger partial charge in [0.15, 0.2) is 17.3 Å². The van der Waals surface area contributed by atoms with E-state index in [-0.39, 0.29) is 5.76 Å². The average Bonchev–Trinajstić information content (AvgIpc) is 3.08. The Balaban J connectivity index is 1.70. The van der Waals surface area contributed by atoms with E-state index in [1.54, 1.807) is 31.2 Å². The maximum Gasteiger partial charge on any atom is 0.305 e. The van der Waals surface area contributed by atoms with Crippen LogP contribution >= 0.6 is 0 Å². The molecule has 0 radical (unpaired) electrons. The first-order valence-corrected chi connectivity index (χ1v) is 9.53. The molecule has 7 nitrogen and oxygen atoms in total. The first-order valence-electron chi connectivity index (χ1n) is 9.53. The van der Waals surface area contributed by atoms with Crippen LogP contribution in [-0.4, -0.2) is 25.0 Å². The van der Waals surface area contributed by atoms with Crippen molar-refractivity contribution in [3.8, 4) is 11.5 Å². The summed E-state index contributed by atoms with van der Waals surface area (Å²) in [7, 11) is 0. The predicted octanol–water partition coefficient (Wildman–Crippen LogP) is 4.00. The molecule has 2 N–H and O–H groups in total. The van der Waals surface area contributed by atoms with Crippen LogP contribution in [0.5, 0.6) is 11.5 Å². The second-order valence-electron chi connectivity index (χ2n) is 6.40. The van der Waals surface area contributed by atoms with Crippen LogP contribution < -0.4 is 20.3 Å². The van der Waals surface area contributed by atoms with E-state index in [2.05, 4.69) is 10.9 Å². The van der Waals surface area contributed by atoms with Crippen LogP contribution in [0.15, 0.2) is 46.9 Å². The Kier molecular flexibility index (Phi) is 6.39. The summed E-state index contributed by atoms with van der Waals surface area (Å²) in [6.07, 6.45) is 0.862. The van der Waals surface area contributed by atoms with Gasteiger partial charge >= 0.3 is 5.91 Å². The molecule has 0 saturated carbocycles. The zero-order valence-electron chi connectivity index (χ0n) is 16.7. The summed E-state index contributed by atoms with van der Waals surface area (Å²) in [5, 5.41) is 0.855. The molecule has 0 fully saturated rings. The Bertz CT molecular complexity index is 1030. The fraction of sp³-hybridized carbons (Fsp3) is 0.273. The maximum absolute atomic E-state index is 12.5. The molecule has 0 spiro atoms. The van der Waals surface area contributed by atoms with Gasteiger partial charge in [0.2, 0.25) is 0 Å². The first kappa shape index (κ1) is 20.3. The van der Waals surface area contributed by atoms with E-state index >= 15 is 0 Å². The molecule has 0 aliphatic heterocycles. The highest BCUT2D eigenvalue weighted by atomic mass is 16.5. The Labute approximate surface area is 169 Å². The minimum atomic E-state index is -0.528. The quantitative estimate of drug-likeness (QED) is 0.589. The normalized spacial score (nSPS) is 10.6. The van der Waals surface area contributed by atoms with E-state index in [4.69, 9.17) is 13.9 Å². The van der Waals surface area contributed by atoms with E-state index in [0.717, 1.165) is 11.8 Å². The lowest BCUT2D eigenvalue weighted by Crippen LogP contribution is -2.41. The van der Waals surface area contributed by atoms with Crippen molar-refractivity contribution >= 4 is 22.8 Å². The largest absolute Gasteiger partial charge is 0.490 e. The second kappa shape index (κ2) is 9.14. The number of furan rings is 1. The highest BCUT2D eigenvalue weighted by Gasteiger charge is 2.18. The van der Waals surface area contributed by atoms with E-state index in [9.17, 15) is 9.59 Å². The third kappa shape index (κ3) is 4.51. The lowest BCUT2D eigenvalue weighted by molar-refractivity contribution is 0.0831. The Hall–Kier alpha value is -3.48. The number of benzene rings is 2. The van der Waals surface area contributed by atoms with Crippen LogP contribution in [0.4, 0.5) is 0 Å². The fourth-order valence-corrected chi connectivity index (χ4v) is 2.88. The summed E-state index contributed by atoms with van der Waals surface area (Å²) >= 11 is 0. The summed E-state index contributed by atoms with van der Waals surface area (Å²) in [4.78, 5) is 24.9. The first-order chi connectivity index (χ1) is 14.0. The number of nitrogens with one attached hydrogen (secondary N) is 2. The van der Waals surface area contributed by atoms with Crippen molar-refractivity contribution in [1.82, 2.24) is 10.9 Å². The SMILES string of the molecule is CCCOc1ccc(C(=O)NNC(=O)c2oc3ccccc3c2C)cc1OCC. The molecular weight excluding hydrogens is 372 g/mol. The number of carbonyl (C=O) groups excluding carboxylic acids is 2. The molecule has 0 saturated heterocycles. The molecule has 0 aliphatic rings. The third-order valence-electron chi connectivity index (χ3n) is 4.31. The molecule has 3 rings (SSSR count). The molecular formula is C22H24N2O5. The van der Waals surface area contributed by atoms with E-state index in [1.165, 1.54) is 0 Å². The lowest BCUT2D eigenvalue weighted by atomic mass is 10.1. The van der Waals surface area contributed by atoms with Crippen molar-refractivity contribution in [3.63, 3.8) is 0 Å². The van der Waals surface area contributed by atoms with Crippen LogP contribution in [0.1, 0.15) is 46.7 Å². The van der Waals surface area contributed by atoms with Crippen LogP contribution in [0.25, 0.3) is 11.0 Å². The maximum atomic E-state index is 12.5. The molecule has 0 bridgehead atoms. The molecule has 0 atom stereocenters. The molecule has 152 valence electrons. The molecule has 29 heavy (non-hydrogen) atoms. The number of rotatable bonds is 7. The van der Waals surface area contributed by atoms with Crippen molar-refractivity contribution in [2.75, 3.05) is 13.2 Å². The number of ether oxygens (including phenoxy) is 2. The van der Waals surface area contributed by atoms with Gasteiger partial charge in [-0.1, -0.05) is 25.1 Å². The molecule has 2 amide bonds. The van der Waals surface area contributed by atoms with Crippen LogP contribution in [0.2, 0.25) is 0 Å². The van der Waals surface area contributed by atoms with Gasteiger partial charge in [0.25, 0.3) is 5.91 Å². The van der Waals surface area contributed by atoms with Crippen LogP contribution in [0.3, 0.4) is 0 Å². The zero-order chi connectivity index (χ0) is 20.8. The monoisotopic (exact) mass is 396 g/mol. The van der Waals surface area contributed by atoms with E-state index < -0.39 is 11.8 Å². The minimum Gasteiger partial charge on any atom is -0.490 e. The third-order valence-corrected chi connectivity index (χ3v) is 4.31. The van der Waals surface area contributed by atoms with Gasteiger partial charge in [-0.25, -0.2) is 0 Å². The van der Waals surface area contributed by atoms with Gasteiger partial charge in [0.1, 0.15) is 5.58 Å². The molecule has 0 aliphatic carbocycles. The van der Waals surface area contributed by atoms with Gasteiger partial charge in [0, 0.05) is 16.5 Å². The zero-order valence-corrected chi connectivity index (χ0v) is 16.7. The molecule has 2 aromatic carbocycles. The van der Waals surface area contributed by atoms with Crippen molar-refractivity contribution in [2.45, 2.75) is 27.2 Å². The molecule has 1 heterocycles. The highest BCUT2D eigenvalue weighted by molar-refractivity contribution is 6.01. The second-order valence-corrected chi connectivity index (χ2v) is 6.40. The number of amides is 2. The number of hydrazine groups is 1. The Morgan fingerprint density at radius 1 is 0.966 bits per heavy atom. The number of carbonyl (C=O) groups is 2. The molecule has 1 aromatic heterocycles. The van der Waals surface area contributed by atoms with Crippen molar-refractivity contribution in [1.29, 1.82) is 0 Å². The topological polar surface area (TPSA) is 89.8 Å². The summed E-state index contributed by atoms with van der Waals surface area (Å²) in [5.41, 5.74) is 6.46. The predicted molar refractivity (Wildman–Crippen MR) is 109 cm³/mol. The number of hydrogen-bond donors (Lipinski definition) is 2. The van der Waals surface area contributed by atoms with Crippen LogP contribution in [-0.2, 0) is 0 Å². The standard InChI is InChI=1S/C22H24N2O5/c1-4-12-28-18-11-10-15(13-19(18)27-5-2)21(25)23-24-22(26)20-14(3)16-8-6-7-9-17(16)29-20/h6-11,13H,4-5,12H2,1-3H3,(H,23,25)(H,24,26). The van der Waals surface area contributed by atoms with Crippen LogP contribution in [0, 0.1) is 6.92 Å². The molecule has 3 aromatic rings.